The summed E-state index contributed by atoms with van der Waals surface area (Å²) in [6, 6.07) is 3.84. The molecule has 0 bridgehead atoms. The van der Waals surface area contributed by atoms with Crippen LogP contribution in [0.4, 0.5) is 5.69 Å². The van der Waals surface area contributed by atoms with Crippen molar-refractivity contribution in [3.63, 3.8) is 0 Å². The van der Waals surface area contributed by atoms with Gasteiger partial charge in [-0.05, 0) is 31.5 Å². The third-order valence-corrected chi connectivity index (χ3v) is 3.28. The normalized spacial score (nSPS) is 11.0. The maximum Gasteiger partial charge on any atom is 0.0910 e. The summed E-state index contributed by atoms with van der Waals surface area (Å²) in [7, 11) is 1.98. The first-order valence-corrected chi connectivity index (χ1v) is 5.91. The highest BCUT2D eigenvalue weighted by Crippen LogP contribution is 2.30. The summed E-state index contributed by atoms with van der Waals surface area (Å²) in [5, 5.41) is 0.660. The van der Waals surface area contributed by atoms with Crippen LogP contribution in [0.1, 0.15) is 12.5 Å². The lowest BCUT2D eigenvalue weighted by Crippen LogP contribution is -2.14. The Morgan fingerprint density at radius 3 is 2.80 bits per heavy atom. The second-order valence-corrected chi connectivity index (χ2v) is 4.63. The second kappa shape index (κ2) is 5.52. The zero-order chi connectivity index (χ0) is 11.4. The van der Waals surface area contributed by atoms with Gasteiger partial charge in [-0.15, -0.1) is 0 Å². The molecular weight excluding hydrogens is 275 g/mol. The second-order valence-electron chi connectivity index (χ2n) is 3.37. The molecular formula is C11H14BrClN2. The average Bonchev–Trinajstić information content (AvgIpc) is 2.21. The Hall–Kier alpha value is -0.540. The van der Waals surface area contributed by atoms with Gasteiger partial charge in [-0.3, -0.25) is 0 Å². The summed E-state index contributed by atoms with van der Waals surface area (Å²) in [4.78, 5) is 6.32. The molecule has 1 aromatic rings. The van der Waals surface area contributed by atoms with Crippen LogP contribution in [0, 0.1) is 6.92 Å². The van der Waals surface area contributed by atoms with Gasteiger partial charge in [0.2, 0.25) is 0 Å². The van der Waals surface area contributed by atoms with Crippen molar-refractivity contribution in [2.45, 2.75) is 13.8 Å². The van der Waals surface area contributed by atoms with E-state index >= 15 is 0 Å². The van der Waals surface area contributed by atoms with Gasteiger partial charge in [0.25, 0.3) is 0 Å². The van der Waals surface area contributed by atoms with E-state index in [1.807, 2.05) is 31.0 Å². The lowest BCUT2D eigenvalue weighted by Gasteiger charge is -2.09. The minimum Gasteiger partial charge on any atom is -0.366 e. The molecule has 0 aliphatic carbocycles. The van der Waals surface area contributed by atoms with Gasteiger partial charge in [-0.1, -0.05) is 27.5 Å². The molecule has 0 aromatic heterocycles. The molecule has 0 saturated heterocycles. The number of benzene rings is 1. The van der Waals surface area contributed by atoms with E-state index < -0.39 is 0 Å². The first-order valence-electron chi connectivity index (χ1n) is 4.74. The fourth-order valence-corrected chi connectivity index (χ4v) is 1.67. The van der Waals surface area contributed by atoms with Crippen molar-refractivity contribution in [3.8, 4) is 0 Å². The Balaban J connectivity index is 2.95. The Bertz CT molecular complexity index is 377. The van der Waals surface area contributed by atoms with Crippen molar-refractivity contribution < 1.29 is 0 Å². The molecule has 0 unspecified atom stereocenters. The first kappa shape index (κ1) is 12.5. The SMILES string of the molecule is CCN(C)C=Nc1cc(C)c(Br)cc1Cl. The highest BCUT2D eigenvalue weighted by Gasteiger charge is 2.02. The zero-order valence-electron chi connectivity index (χ0n) is 9.09. The molecule has 1 aromatic carbocycles. The highest BCUT2D eigenvalue weighted by atomic mass is 79.9. The number of halogens is 2. The van der Waals surface area contributed by atoms with Crippen LogP contribution in [0.15, 0.2) is 21.6 Å². The molecule has 15 heavy (non-hydrogen) atoms. The van der Waals surface area contributed by atoms with E-state index in [1.165, 1.54) is 0 Å². The molecule has 4 heteroatoms. The third-order valence-electron chi connectivity index (χ3n) is 2.12. The van der Waals surface area contributed by atoms with E-state index in [0.717, 1.165) is 22.3 Å². The molecule has 0 N–H and O–H groups in total. The van der Waals surface area contributed by atoms with E-state index in [4.69, 9.17) is 11.6 Å². The van der Waals surface area contributed by atoms with Crippen molar-refractivity contribution in [3.05, 3.63) is 27.2 Å². The Morgan fingerprint density at radius 2 is 2.20 bits per heavy atom. The Morgan fingerprint density at radius 1 is 1.53 bits per heavy atom. The van der Waals surface area contributed by atoms with Gasteiger partial charge < -0.3 is 4.90 Å². The van der Waals surface area contributed by atoms with E-state index in [0.29, 0.717) is 5.02 Å². The Labute approximate surface area is 104 Å². The number of hydrogen-bond donors (Lipinski definition) is 0. The fourth-order valence-electron chi connectivity index (χ4n) is 0.983. The molecule has 0 saturated carbocycles. The van der Waals surface area contributed by atoms with Crippen LogP contribution < -0.4 is 0 Å². The molecule has 0 amide bonds. The van der Waals surface area contributed by atoms with Crippen molar-refractivity contribution in [1.82, 2.24) is 4.90 Å². The summed E-state index contributed by atoms with van der Waals surface area (Å²) < 4.78 is 1.01. The van der Waals surface area contributed by atoms with Crippen molar-refractivity contribution >= 4 is 39.6 Å². The maximum atomic E-state index is 6.07. The molecule has 0 heterocycles. The summed E-state index contributed by atoms with van der Waals surface area (Å²) in [5.74, 6) is 0. The van der Waals surface area contributed by atoms with Gasteiger partial charge in [-0.2, -0.15) is 0 Å². The number of hydrogen-bond acceptors (Lipinski definition) is 1. The molecule has 0 fully saturated rings. The zero-order valence-corrected chi connectivity index (χ0v) is 11.4. The quantitative estimate of drug-likeness (QED) is 0.606. The minimum absolute atomic E-state index is 0.660. The van der Waals surface area contributed by atoms with Gasteiger partial charge in [0, 0.05) is 18.1 Å². The van der Waals surface area contributed by atoms with Crippen molar-refractivity contribution in [2.75, 3.05) is 13.6 Å². The van der Waals surface area contributed by atoms with Gasteiger partial charge in [0.1, 0.15) is 0 Å². The molecule has 0 aliphatic heterocycles. The molecule has 0 atom stereocenters. The smallest absolute Gasteiger partial charge is 0.0910 e. The van der Waals surface area contributed by atoms with Gasteiger partial charge in [-0.25, -0.2) is 4.99 Å². The van der Waals surface area contributed by atoms with Crippen LogP contribution >= 0.6 is 27.5 Å². The molecule has 2 nitrogen and oxygen atoms in total. The van der Waals surface area contributed by atoms with Gasteiger partial charge in [0.15, 0.2) is 0 Å². The van der Waals surface area contributed by atoms with E-state index in [1.54, 1.807) is 6.34 Å². The fraction of sp³-hybridized carbons (Fsp3) is 0.364. The summed E-state index contributed by atoms with van der Waals surface area (Å²) >= 11 is 9.49. The van der Waals surface area contributed by atoms with Gasteiger partial charge in [0.05, 0.1) is 17.0 Å². The Kier molecular flexibility index (Phi) is 4.61. The monoisotopic (exact) mass is 288 g/mol. The minimum atomic E-state index is 0.660. The molecule has 82 valence electrons. The lowest BCUT2D eigenvalue weighted by atomic mass is 10.2. The largest absolute Gasteiger partial charge is 0.366 e. The lowest BCUT2D eigenvalue weighted by molar-refractivity contribution is 0.552. The number of aryl methyl sites for hydroxylation is 1. The van der Waals surface area contributed by atoms with Crippen LogP contribution in [0.5, 0.6) is 0 Å². The third kappa shape index (κ3) is 3.50. The predicted octanol–water partition coefficient (Wildman–Crippen LogP) is 4.02. The van der Waals surface area contributed by atoms with E-state index in [2.05, 4.69) is 27.8 Å². The standard InChI is InChI=1S/C11H14BrClN2/c1-4-15(3)7-14-11-5-8(2)9(12)6-10(11)13/h5-7H,4H2,1-3H3. The van der Waals surface area contributed by atoms with Crippen LogP contribution in [0.25, 0.3) is 0 Å². The summed E-state index contributed by atoms with van der Waals surface area (Å²) in [6.07, 6.45) is 1.79. The van der Waals surface area contributed by atoms with Crippen LogP contribution in [-0.2, 0) is 0 Å². The van der Waals surface area contributed by atoms with Crippen LogP contribution in [0.2, 0.25) is 5.02 Å². The van der Waals surface area contributed by atoms with Crippen molar-refractivity contribution in [2.24, 2.45) is 4.99 Å². The average molecular weight is 290 g/mol. The summed E-state index contributed by atoms with van der Waals surface area (Å²) in [5.41, 5.74) is 1.93. The van der Waals surface area contributed by atoms with E-state index in [9.17, 15) is 0 Å². The number of rotatable bonds is 3. The van der Waals surface area contributed by atoms with Crippen LogP contribution in [0.3, 0.4) is 0 Å². The predicted molar refractivity (Wildman–Crippen MR) is 70.3 cm³/mol. The van der Waals surface area contributed by atoms with E-state index in [-0.39, 0.29) is 0 Å². The van der Waals surface area contributed by atoms with Gasteiger partial charge >= 0.3 is 0 Å². The first-order chi connectivity index (χ1) is 7.04. The van der Waals surface area contributed by atoms with Crippen molar-refractivity contribution in [1.29, 1.82) is 0 Å². The topological polar surface area (TPSA) is 15.6 Å². The van der Waals surface area contributed by atoms with Crippen LogP contribution in [-0.4, -0.2) is 24.8 Å². The molecule has 1 rings (SSSR count). The molecule has 0 aliphatic rings. The number of aliphatic imine (C=N–C) groups is 1. The number of nitrogens with zero attached hydrogens (tertiary/aromatic N) is 2. The molecule has 0 radical (unpaired) electrons. The molecule has 0 spiro atoms. The maximum absolute atomic E-state index is 6.07. The highest BCUT2D eigenvalue weighted by molar-refractivity contribution is 9.10. The summed E-state index contributed by atoms with van der Waals surface area (Å²) in [6.45, 7) is 5.01.